The van der Waals surface area contributed by atoms with Crippen LogP contribution in [0.4, 0.5) is 5.69 Å². The van der Waals surface area contributed by atoms with Crippen LogP contribution in [-0.2, 0) is 6.54 Å². The Labute approximate surface area is 72.3 Å². The second-order valence-corrected chi connectivity index (χ2v) is 3.19. The zero-order chi connectivity index (χ0) is 8.55. The molecule has 0 aromatic heterocycles. The molecule has 0 atom stereocenters. The van der Waals surface area contributed by atoms with Crippen LogP contribution in [0.5, 0.6) is 0 Å². The Bertz CT molecular complexity index is 340. The van der Waals surface area contributed by atoms with Gasteiger partial charge in [0, 0.05) is 5.69 Å². The van der Waals surface area contributed by atoms with Crippen LogP contribution >= 0.6 is 0 Å². The molecule has 1 aliphatic heterocycles. The van der Waals surface area contributed by atoms with E-state index in [9.17, 15) is 0 Å². The molecule has 0 spiro atoms. The first-order chi connectivity index (χ1) is 5.75. The summed E-state index contributed by atoms with van der Waals surface area (Å²) in [5.41, 5.74) is 3.79. The summed E-state index contributed by atoms with van der Waals surface area (Å²) in [6.07, 6.45) is 0. The van der Waals surface area contributed by atoms with Crippen molar-refractivity contribution < 1.29 is 0 Å². The van der Waals surface area contributed by atoms with Crippen molar-refractivity contribution in [3.8, 4) is 0 Å². The Morgan fingerprint density at radius 3 is 3.00 bits per heavy atom. The molecule has 1 aliphatic rings. The third-order valence-corrected chi connectivity index (χ3v) is 2.06. The van der Waals surface area contributed by atoms with Gasteiger partial charge in [0.2, 0.25) is 0 Å². The zero-order valence-electron chi connectivity index (χ0n) is 7.39. The molecule has 0 radical (unpaired) electrons. The summed E-state index contributed by atoms with van der Waals surface area (Å²) in [6, 6.07) is 6.41. The molecular weight excluding hydrogens is 148 g/mol. The predicted molar refractivity (Wildman–Crippen MR) is 51.6 cm³/mol. The summed E-state index contributed by atoms with van der Waals surface area (Å²) in [6.45, 7) is 4.91. The van der Waals surface area contributed by atoms with Crippen LogP contribution in [0.3, 0.4) is 0 Å². The lowest BCUT2D eigenvalue weighted by atomic mass is 10.1. The molecule has 0 unspecified atom stereocenters. The molecule has 2 nitrogen and oxygen atoms in total. The normalized spacial score (nSPS) is 14.7. The van der Waals surface area contributed by atoms with Crippen LogP contribution < -0.4 is 5.32 Å². The Balaban J connectivity index is 2.43. The maximum Gasteiger partial charge on any atom is 0.0979 e. The number of fused-ring (bicyclic) bond motifs is 1. The standard InChI is InChI=1S/C10H12N2/c1-7-3-4-10-9(5-7)6-11-8(2)12-10/h3-5H,6H2,1-2H3,(H,11,12). The Kier molecular flexibility index (Phi) is 1.61. The summed E-state index contributed by atoms with van der Waals surface area (Å²) in [5.74, 6) is 1.01. The number of nitrogens with zero attached hydrogens (tertiary/aromatic N) is 1. The minimum absolute atomic E-state index is 0.815. The molecule has 0 saturated carbocycles. The van der Waals surface area contributed by atoms with Gasteiger partial charge in [-0.3, -0.25) is 4.99 Å². The summed E-state index contributed by atoms with van der Waals surface area (Å²) >= 11 is 0. The van der Waals surface area contributed by atoms with Crippen molar-refractivity contribution in [2.24, 2.45) is 4.99 Å². The van der Waals surface area contributed by atoms with Gasteiger partial charge in [0.15, 0.2) is 0 Å². The van der Waals surface area contributed by atoms with E-state index in [1.807, 2.05) is 6.92 Å². The van der Waals surface area contributed by atoms with Crippen molar-refractivity contribution in [2.75, 3.05) is 5.32 Å². The number of aliphatic imine (C=N–C) groups is 1. The van der Waals surface area contributed by atoms with E-state index in [1.165, 1.54) is 16.8 Å². The number of hydrogen-bond donors (Lipinski definition) is 1. The molecule has 62 valence electrons. The highest BCUT2D eigenvalue weighted by molar-refractivity contribution is 5.95. The first-order valence-corrected chi connectivity index (χ1v) is 4.13. The van der Waals surface area contributed by atoms with Gasteiger partial charge in [-0.1, -0.05) is 17.7 Å². The average Bonchev–Trinajstić information content (AvgIpc) is 2.05. The number of anilines is 1. The summed E-state index contributed by atoms with van der Waals surface area (Å²) in [7, 11) is 0. The number of benzene rings is 1. The van der Waals surface area contributed by atoms with E-state index in [2.05, 4.69) is 35.4 Å². The van der Waals surface area contributed by atoms with Crippen molar-refractivity contribution >= 4 is 11.5 Å². The lowest BCUT2D eigenvalue weighted by molar-refractivity contribution is 1.04. The minimum Gasteiger partial charge on any atom is -0.344 e. The SMILES string of the molecule is CC1=NCc2cc(C)ccc2N1. The fraction of sp³-hybridized carbons (Fsp3) is 0.300. The van der Waals surface area contributed by atoms with Gasteiger partial charge in [0.25, 0.3) is 0 Å². The fourth-order valence-corrected chi connectivity index (χ4v) is 1.41. The van der Waals surface area contributed by atoms with Crippen molar-refractivity contribution in [2.45, 2.75) is 20.4 Å². The molecule has 0 bridgehead atoms. The van der Waals surface area contributed by atoms with E-state index in [4.69, 9.17) is 0 Å². The van der Waals surface area contributed by atoms with Crippen LogP contribution in [0.15, 0.2) is 23.2 Å². The molecule has 0 aliphatic carbocycles. The lowest BCUT2D eigenvalue weighted by Gasteiger charge is -2.16. The van der Waals surface area contributed by atoms with E-state index < -0.39 is 0 Å². The number of nitrogens with one attached hydrogen (secondary N) is 1. The molecular formula is C10H12N2. The highest BCUT2D eigenvalue weighted by Gasteiger charge is 2.07. The number of rotatable bonds is 0. The van der Waals surface area contributed by atoms with E-state index in [0.29, 0.717) is 0 Å². The first kappa shape index (κ1) is 7.35. The molecule has 1 heterocycles. The number of amidine groups is 1. The Morgan fingerprint density at radius 2 is 2.17 bits per heavy atom. The van der Waals surface area contributed by atoms with Gasteiger partial charge in [-0.15, -0.1) is 0 Å². The van der Waals surface area contributed by atoms with Gasteiger partial charge in [-0.25, -0.2) is 0 Å². The van der Waals surface area contributed by atoms with E-state index >= 15 is 0 Å². The van der Waals surface area contributed by atoms with Crippen LogP contribution in [0.25, 0.3) is 0 Å². The van der Waals surface area contributed by atoms with Gasteiger partial charge in [0.1, 0.15) is 0 Å². The second-order valence-electron chi connectivity index (χ2n) is 3.19. The average molecular weight is 160 g/mol. The summed E-state index contributed by atoms with van der Waals surface area (Å²) in [4.78, 5) is 4.32. The largest absolute Gasteiger partial charge is 0.344 e. The molecule has 1 N–H and O–H groups in total. The zero-order valence-corrected chi connectivity index (χ0v) is 7.39. The van der Waals surface area contributed by atoms with E-state index in [-0.39, 0.29) is 0 Å². The van der Waals surface area contributed by atoms with Gasteiger partial charge in [0.05, 0.1) is 12.4 Å². The smallest absolute Gasteiger partial charge is 0.0979 e. The third kappa shape index (κ3) is 1.20. The monoisotopic (exact) mass is 160 g/mol. The van der Waals surface area contributed by atoms with E-state index in [0.717, 1.165) is 12.4 Å². The minimum atomic E-state index is 0.815. The van der Waals surface area contributed by atoms with Crippen molar-refractivity contribution in [1.29, 1.82) is 0 Å². The maximum atomic E-state index is 4.32. The van der Waals surface area contributed by atoms with Crippen LogP contribution in [0.2, 0.25) is 0 Å². The van der Waals surface area contributed by atoms with E-state index in [1.54, 1.807) is 0 Å². The maximum absolute atomic E-state index is 4.32. The predicted octanol–water partition coefficient (Wildman–Crippen LogP) is 2.34. The van der Waals surface area contributed by atoms with Gasteiger partial charge in [-0.2, -0.15) is 0 Å². The number of hydrogen-bond acceptors (Lipinski definition) is 2. The first-order valence-electron chi connectivity index (χ1n) is 4.13. The molecule has 0 amide bonds. The quantitative estimate of drug-likeness (QED) is 0.619. The molecule has 2 rings (SSSR count). The molecule has 0 saturated heterocycles. The highest BCUT2D eigenvalue weighted by Crippen LogP contribution is 2.21. The molecule has 1 aromatic rings. The second kappa shape index (κ2) is 2.63. The van der Waals surface area contributed by atoms with Crippen molar-refractivity contribution in [1.82, 2.24) is 0 Å². The van der Waals surface area contributed by atoms with Gasteiger partial charge >= 0.3 is 0 Å². The third-order valence-electron chi connectivity index (χ3n) is 2.06. The van der Waals surface area contributed by atoms with Crippen LogP contribution in [0, 0.1) is 6.92 Å². The van der Waals surface area contributed by atoms with Crippen molar-refractivity contribution in [3.63, 3.8) is 0 Å². The fourth-order valence-electron chi connectivity index (χ4n) is 1.41. The molecule has 0 fully saturated rings. The molecule has 1 aromatic carbocycles. The lowest BCUT2D eigenvalue weighted by Crippen LogP contribution is -2.13. The summed E-state index contributed by atoms with van der Waals surface area (Å²) < 4.78 is 0. The molecule has 12 heavy (non-hydrogen) atoms. The summed E-state index contributed by atoms with van der Waals surface area (Å²) in [5, 5.41) is 3.24. The van der Waals surface area contributed by atoms with Crippen LogP contribution in [-0.4, -0.2) is 5.84 Å². The Hall–Kier alpha value is -1.31. The van der Waals surface area contributed by atoms with Gasteiger partial charge in [-0.05, 0) is 25.5 Å². The topological polar surface area (TPSA) is 24.4 Å². The van der Waals surface area contributed by atoms with Crippen LogP contribution in [0.1, 0.15) is 18.1 Å². The van der Waals surface area contributed by atoms with Crippen molar-refractivity contribution in [3.05, 3.63) is 29.3 Å². The number of aryl methyl sites for hydroxylation is 1. The van der Waals surface area contributed by atoms with Gasteiger partial charge < -0.3 is 5.32 Å². The Morgan fingerprint density at radius 1 is 1.33 bits per heavy atom. The molecule has 2 heteroatoms. The highest BCUT2D eigenvalue weighted by atomic mass is 15.0.